The summed E-state index contributed by atoms with van der Waals surface area (Å²) in [5.41, 5.74) is 0. The minimum atomic E-state index is -2.67. The lowest BCUT2D eigenvalue weighted by molar-refractivity contribution is -0.244. The van der Waals surface area contributed by atoms with Gasteiger partial charge in [0.25, 0.3) is 0 Å². The molecule has 2 rings (SSSR count). The quantitative estimate of drug-likeness (QED) is 0.687. The van der Waals surface area contributed by atoms with E-state index in [0.717, 1.165) is 13.0 Å². The van der Waals surface area contributed by atoms with E-state index in [1.165, 1.54) is 12.8 Å². The second kappa shape index (κ2) is 4.11. The Bertz CT molecular complexity index is 195. The van der Waals surface area contributed by atoms with Gasteiger partial charge in [0.1, 0.15) is 0 Å². The molecular weight excluding hydrogens is 190 g/mol. The first-order valence-electron chi connectivity index (χ1n) is 5.22. The summed E-state index contributed by atoms with van der Waals surface area (Å²) in [6, 6.07) is 0. The van der Waals surface area contributed by atoms with Crippen LogP contribution in [-0.4, -0.2) is 25.4 Å². The maximum atomic E-state index is 12.0. The first kappa shape index (κ1) is 10.3. The molecule has 14 heavy (non-hydrogen) atoms. The summed E-state index contributed by atoms with van der Waals surface area (Å²) in [5, 5.41) is 0. The largest absolute Gasteiger partial charge is 0.375 e. The first-order chi connectivity index (χ1) is 6.66. The molecule has 2 unspecified atom stereocenters. The van der Waals surface area contributed by atoms with Gasteiger partial charge in [0.2, 0.25) is 0 Å². The van der Waals surface area contributed by atoms with Crippen molar-refractivity contribution in [3.05, 3.63) is 0 Å². The molecule has 2 fully saturated rings. The summed E-state index contributed by atoms with van der Waals surface area (Å²) in [6.07, 6.45) is 2.81. The maximum Gasteiger partial charge on any atom is 0.345 e. The van der Waals surface area contributed by atoms with Crippen LogP contribution in [-0.2, 0) is 9.47 Å². The molecule has 0 radical (unpaired) electrons. The minimum Gasteiger partial charge on any atom is -0.375 e. The molecule has 2 aliphatic carbocycles. The summed E-state index contributed by atoms with van der Waals surface area (Å²) in [6.45, 7) is -0.0281. The molecule has 0 aromatic heterocycles. The smallest absolute Gasteiger partial charge is 0.345 e. The molecular formula is C10H16F2O2. The second-order valence-corrected chi connectivity index (χ2v) is 4.39. The number of hydrogen-bond donors (Lipinski definition) is 0. The van der Waals surface area contributed by atoms with E-state index < -0.39 is 12.7 Å². The van der Waals surface area contributed by atoms with E-state index in [9.17, 15) is 8.78 Å². The Hall–Kier alpha value is -0.220. The van der Waals surface area contributed by atoms with E-state index in [4.69, 9.17) is 4.74 Å². The van der Waals surface area contributed by atoms with Gasteiger partial charge in [-0.25, -0.2) is 0 Å². The van der Waals surface area contributed by atoms with Gasteiger partial charge in [0.15, 0.2) is 0 Å². The van der Waals surface area contributed by atoms with Gasteiger partial charge in [0.05, 0.1) is 12.2 Å². The van der Waals surface area contributed by atoms with Gasteiger partial charge >= 0.3 is 6.61 Å². The van der Waals surface area contributed by atoms with Crippen molar-refractivity contribution in [2.45, 2.75) is 45.0 Å². The number of halogens is 2. The highest BCUT2D eigenvalue weighted by atomic mass is 19.3. The molecule has 0 N–H and O–H groups in total. The van der Waals surface area contributed by atoms with Crippen LogP contribution in [0, 0.1) is 11.8 Å². The van der Waals surface area contributed by atoms with E-state index in [2.05, 4.69) is 4.74 Å². The molecule has 0 spiro atoms. The van der Waals surface area contributed by atoms with Crippen molar-refractivity contribution in [2.24, 2.45) is 11.8 Å². The lowest BCUT2D eigenvalue weighted by Gasteiger charge is -2.41. The van der Waals surface area contributed by atoms with Gasteiger partial charge in [-0.2, -0.15) is 8.78 Å². The minimum absolute atomic E-state index is 0.0976. The van der Waals surface area contributed by atoms with Crippen LogP contribution in [0.25, 0.3) is 0 Å². The van der Waals surface area contributed by atoms with Crippen molar-refractivity contribution in [1.82, 2.24) is 0 Å². The van der Waals surface area contributed by atoms with Crippen LogP contribution in [0.2, 0.25) is 0 Å². The predicted octanol–water partition coefficient (Wildman–Crippen LogP) is 2.43. The van der Waals surface area contributed by atoms with Crippen LogP contribution in [0.3, 0.4) is 0 Å². The summed E-state index contributed by atoms with van der Waals surface area (Å²) in [7, 11) is 0. The third-order valence-corrected chi connectivity index (χ3v) is 3.03. The molecule has 0 amide bonds. The monoisotopic (exact) mass is 206 g/mol. The summed E-state index contributed by atoms with van der Waals surface area (Å²) in [5.74, 6) is 0.881. The topological polar surface area (TPSA) is 18.5 Å². The third-order valence-electron chi connectivity index (χ3n) is 3.03. The summed E-state index contributed by atoms with van der Waals surface area (Å²) >= 11 is 0. The van der Waals surface area contributed by atoms with E-state index in [-0.39, 0.29) is 12.0 Å². The van der Waals surface area contributed by atoms with Crippen LogP contribution in [0.1, 0.15) is 26.2 Å². The maximum absolute atomic E-state index is 12.0. The van der Waals surface area contributed by atoms with Crippen LogP contribution in [0.5, 0.6) is 0 Å². The molecule has 0 aliphatic heterocycles. The van der Waals surface area contributed by atoms with Gasteiger partial charge < -0.3 is 9.47 Å². The number of hydrogen-bond acceptors (Lipinski definition) is 2. The van der Waals surface area contributed by atoms with Gasteiger partial charge in [-0.15, -0.1) is 0 Å². The average Bonchev–Trinajstić information content (AvgIpc) is 2.91. The molecule has 0 saturated heterocycles. The second-order valence-electron chi connectivity index (χ2n) is 4.39. The lowest BCUT2D eigenvalue weighted by Crippen LogP contribution is -2.49. The Labute approximate surface area is 82.6 Å². The van der Waals surface area contributed by atoms with Gasteiger partial charge in [-0.05, 0) is 31.1 Å². The van der Waals surface area contributed by atoms with Crippen LogP contribution < -0.4 is 0 Å². The average molecular weight is 206 g/mol. The zero-order valence-corrected chi connectivity index (χ0v) is 8.29. The molecule has 0 aromatic rings. The number of alkyl halides is 2. The SMILES string of the molecule is C[C@@H]1CC(OCC2CC2)C1OC(F)F. The molecule has 0 aromatic carbocycles. The summed E-state index contributed by atoms with van der Waals surface area (Å²) < 4.78 is 34.0. The molecule has 4 heteroatoms. The fraction of sp³-hybridized carbons (Fsp3) is 1.00. The zero-order chi connectivity index (χ0) is 10.1. The molecule has 2 aliphatic rings. The number of rotatable bonds is 5. The Morgan fingerprint density at radius 3 is 2.57 bits per heavy atom. The van der Waals surface area contributed by atoms with Crippen LogP contribution >= 0.6 is 0 Å². The standard InChI is InChI=1S/C10H16F2O2/c1-6-4-8(9(6)14-10(11)12)13-5-7-2-3-7/h6-10H,2-5H2,1H3/t6-,8?,9?/m1/s1. The number of ether oxygens (including phenoxy) is 2. The molecule has 3 atom stereocenters. The highest BCUT2D eigenvalue weighted by Crippen LogP contribution is 2.36. The van der Waals surface area contributed by atoms with E-state index >= 15 is 0 Å². The van der Waals surface area contributed by atoms with Crippen LogP contribution in [0.4, 0.5) is 8.78 Å². The zero-order valence-electron chi connectivity index (χ0n) is 8.29. The molecule has 0 bridgehead atoms. The molecule has 0 heterocycles. The van der Waals surface area contributed by atoms with E-state index in [1.807, 2.05) is 6.92 Å². The van der Waals surface area contributed by atoms with Crippen molar-refractivity contribution in [1.29, 1.82) is 0 Å². The predicted molar refractivity (Wildman–Crippen MR) is 47.1 cm³/mol. The molecule has 2 nitrogen and oxygen atoms in total. The Balaban J connectivity index is 1.69. The van der Waals surface area contributed by atoms with Crippen molar-refractivity contribution < 1.29 is 18.3 Å². The van der Waals surface area contributed by atoms with Crippen LogP contribution in [0.15, 0.2) is 0 Å². The third kappa shape index (κ3) is 2.42. The van der Waals surface area contributed by atoms with Crippen molar-refractivity contribution in [3.63, 3.8) is 0 Å². The molecule has 2 saturated carbocycles. The lowest BCUT2D eigenvalue weighted by atomic mass is 9.80. The van der Waals surface area contributed by atoms with Gasteiger partial charge in [-0.1, -0.05) is 6.92 Å². The van der Waals surface area contributed by atoms with E-state index in [0.29, 0.717) is 5.92 Å². The Morgan fingerprint density at radius 1 is 1.36 bits per heavy atom. The summed E-state index contributed by atoms with van der Waals surface area (Å²) in [4.78, 5) is 0. The van der Waals surface area contributed by atoms with Crippen molar-refractivity contribution in [2.75, 3.05) is 6.61 Å². The first-order valence-corrected chi connectivity index (χ1v) is 5.22. The fourth-order valence-corrected chi connectivity index (χ4v) is 1.85. The van der Waals surface area contributed by atoms with E-state index in [1.54, 1.807) is 0 Å². The highest BCUT2D eigenvalue weighted by molar-refractivity contribution is 4.90. The Morgan fingerprint density at radius 2 is 2.07 bits per heavy atom. The van der Waals surface area contributed by atoms with Gasteiger partial charge in [0, 0.05) is 6.61 Å². The normalized spacial score (nSPS) is 37.3. The highest BCUT2D eigenvalue weighted by Gasteiger charge is 2.42. The Kier molecular flexibility index (Phi) is 3.02. The van der Waals surface area contributed by atoms with Crippen molar-refractivity contribution in [3.8, 4) is 0 Å². The van der Waals surface area contributed by atoms with Gasteiger partial charge in [-0.3, -0.25) is 0 Å². The van der Waals surface area contributed by atoms with Crippen molar-refractivity contribution >= 4 is 0 Å². The molecule has 82 valence electrons. The fourth-order valence-electron chi connectivity index (χ4n) is 1.85.